The lowest BCUT2D eigenvalue weighted by Gasteiger charge is -2.12. The number of hydrogen-bond acceptors (Lipinski definition) is 4. The number of carbonyl (C=O) groups is 3. The van der Waals surface area contributed by atoms with Gasteiger partial charge in [0.15, 0.2) is 0 Å². The third-order valence-corrected chi connectivity index (χ3v) is 2.93. The Morgan fingerprint density at radius 3 is 2.61 bits per heavy atom. The summed E-state index contributed by atoms with van der Waals surface area (Å²) in [5, 5.41) is 0.596. The van der Waals surface area contributed by atoms with Crippen molar-refractivity contribution in [2.75, 3.05) is 0 Å². The summed E-state index contributed by atoms with van der Waals surface area (Å²) >= 11 is 0. The second-order valence-electron chi connectivity index (χ2n) is 4.36. The van der Waals surface area contributed by atoms with Crippen molar-refractivity contribution in [1.82, 2.24) is 5.06 Å². The summed E-state index contributed by atoms with van der Waals surface area (Å²) in [6.07, 6.45) is 9.03. The molecule has 1 fully saturated rings. The maximum atomic E-state index is 11.5. The fourth-order valence-corrected chi connectivity index (χ4v) is 1.94. The quantitative estimate of drug-likeness (QED) is 0.695. The fraction of sp³-hybridized carbons (Fsp3) is 0.462. The Morgan fingerprint density at radius 1 is 1.28 bits per heavy atom. The molecule has 1 heterocycles. The van der Waals surface area contributed by atoms with E-state index in [1.54, 1.807) is 0 Å². The van der Waals surface area contributed by atoms with Crippen LogP contribution in [0.15, 0.2) is 23.8 Å². The zero-order chi connectivity index (χ0) is 13.0. The predicted octanol–water partition coefficient (Wildman–Crippen LogP) is 1.65. The van der Waals surface area contributed by atoms with E-state index in [1.165, 1.54) is 5.57 Å². The lowest BCUT2D eigenvalue weighted by Crippen LogP contribution is -2.31. The van der Waals surface area contributed by atoms with Gasteiger partial charge in [0.25, 0.3) is 11.8 Å². The van der Waals surface area contributed by atoms with Gasteiger partial charge >= 0.3 is 5.97 Å². The first kappa shape index (κ1) is 12.5. The molecule has 5 heteroatoms. The summed E-state index contributed by atoms with van der Waals surface area (Å²) in [7, 11) is 0. The van der Waals surface area contributed by atoms with Crippen molar-refractivity contribution < 1.29 is 19.2 Å². The normalized spacial score (nSPS) is 18.4. The molecule has 0 unspecified atom stereocenters. The molecular formula is C13H15NO4. The Hall–Kier alpha value is -1.91. The molecule has 0 aromatic carbocycles. The van der Waals surface area contributed by atoms with E-state index in [9.17, 15) is 14.4 Å². The molecular weight excluding hydrogens is 234 g/mol. The predicted molar refractivity (Wildman–Crippen MR) is 62.9 cm³/mol. The highest BCUT2D eigenvalue weighted by Crippen LogP contribution is 2.18. The SMILES string of the molecule is O=C(CCCC1=CC=CC1)ON1C(=O)CCC1=O. The van der Waals surface area contributed by atoms with Crippen LogP contribution in [-0.2, 0) is 19.2 Å². The topological polar surface area (TPSA) is 63.7 Å². The molecule has 1 aliphatic heterocycles. The molecule has 2 amide bonds. The third kappa shape index (κ3) is 3.06. The molecule has 0 atom stereocenters. The van der Waals surface area contributed by atoms with E-state index in [2.05, 4.69) is 6.08 Å². The smallest absolute Gasteiger partial charge is 0.330 e. The van der Waals surface area contributed by atoms with Crippen LogP contribution in [0.25, 0.3) is 0 Å². The Labute approximate surface area is 105 Å². The van der Waals surface area contributed by atoms with Crippen LogP contribution in [0.1, 0.15) is 38.5 Å². The summed E-state index contributed by atoms with van der Waals surface area (Å²) in [6.45, 7) is 0. The molecule has 0 aromatic rings. The van der Waals surface area contributed by atoms with Crippen molar-refractivity contribution in [3.8, 4) is 0 Å². The lowest BCUT2D eigenvalue weighted by molar-refractivity contribution is -0.197. The molecule has 0 radical (unpaired) electrons. The van der Waals surface area contributed by atoms with Crippen LogP contribution in [0.5, 0.6) is 0 Å². The molecule has 0 aromatic heterocycles. The average Bonchev–Trinajstić information content (AvgIpc) is 2.94. The van der Waals surface area contributed by atoms with Gasteiger partial charge in [-0.3, -0.25) is 9.59 Å². The minimum absolute atomic E-state index is 0.130. The maximum absolute atomic E-state index is 11.5. The molecule has 18 heavy (non-hydrogen) atoms. The minimum atomic E-state index is -0.523. The zero-order valence-electron chi connectivity index (χ0n) is 10.1. The van der Waals surface area contributed by atoms with Gasteiger partial charge in [-0.15, -0.1) is 5.06 Å². The van der Waals surface area contributed by atoms with E-state index in [-0.39, 0.29) is 19.3 Å². The molecule has 96 valence electrons. The second kappa shape index (κ2) is 5.62. The first-order valence-electron chi connectivity index (χ1n) is 6.08. The van der Waals surface area contributed by atoms with Gasteiger partial charge in [-0.2, -0.15) is 0 Å². The highest BCUT2D eigenvalue weighted by molar-refractivity contribution is 6.01. The Kier molecular flexibility index (Phi) is 3.92. The third-order valence-electron chi connectivity index (χ3n) is 2.93. The molecule has 0 N–H and O–H groups in total. The zero-order valence-corrected chi connectivity index (χ0v) is 10.1. The minimum Gasteiger partial charge on any atom is -0.330 e. The van der Waals surface area contributed by atoms with Crippen molar-refractivity contribution in [3.63, 3.8) is 0 Å². The number of rotatable bonds is 5. The lowest BCUT2D eigenvalue weighted by atomic mass is 10.1. The average molecular weight is 249 g/mol. The van der Waals surface area contributed by atoms with Crippen LogP contribution in [0, 0.1) is 0 Å². The van der Waals surface area contributed by atoms with Crippen molar-refractivity contribution in [3.05, 3.63) is 23.8 Å². The van der Waals surface area contributed by atoms with Crippen molar-refractivity contribution >= 4 is 17.8 Å². The maximum Gasteiger partial charge on any atom is 0.333 e. The summed E-state index contributed by atoms with van der Waals surface area (Å²) in [4.78, 5) is 38.6. The van der Waals surface area contributed by atoms with Gasteiger partial charge in [-0.1, -0.05) is 23.8 Å². The first-order valence-corrected chi connectivity index (χ1v) is 6.08. The van der Waals surface area contributed by atoms with Crippen molar-refractivity contribution in [1.29, 1.82) is 0 Å². The molecule has 5 nitrogen and oxygen atoms in total. The largest absolute Gasteiger partial charge is 0.333 e. The van der Waals surface area contributed by atoms with Crippen LogP contribution in [0.4, 0.5) is 0 Å². The van der Waals surface area contributed by atoms with Crippen molar-refractivity contribution in [2.45, 2.75) is 38.5 Å². The van der Waals surface area contributed by atoms with E-state index < -0.39 is 17.8 Å². The van der Waals surface area contributed by atoms with Gasteiger partial charge < -0.3 is 4.84 Å². The standard InChI is InChI=1S/C13H15NO4/c15-11-8-9-12(16)14(11)18-13(17)7-3-6-10-4-1-2-5-10/h1-2,4H,3,5-9H2. The fourth-order valence-electron chi connectivity index (χ4n) is 1.94. The van der Waals surface area contributed by atoms with E-state index in [0.29, 0.717) is 11.5 Å². The number of nitrogens with zero attached hydrogens (tertiary/aromatic N) is 1. The van der Waals surface area contributed by atoms with Gasteiger partial charge in [0.05, 0.1) is 0 Å². The summed E-state index contributed by atoms with van der Waals surface area (Å²) in [5.74, 6) is -1.39. The number of allylic oxidation sites excluding steroid dienone is 4. The van der Waals surface area contributed by atoms with Gasteiger partial charge in [-0.25, -0.2) is 4.79 Å². The number of amides is 2. The first-order chi connectivity index (χ1) is 8.66. The van der Waals surface area contributed by atoms with E-state index >= 15 is 0 Å². The number of imide groups is 1. The monoisotopic (exact) mass is 249 g/mol. The van der Waals surface area contributed by atoms with Crippen LogP contribution >= 0.6 is 0 Å². The Bertz CT molecular complexity index is 420. The van der Waals surface area contributed by atoms with Gasteiger partial charge in [0, 0.05) is 19.3 Å². The summed E-state index contributed by atoms with van der Waals surface area (Å²) in [6, 6.07) is 0. The molecule has 0 bridgehead atoms. The van der Waals surface area contributed by atoms with Crippen LogP contribution in [0.2, 0.25) is 0 Å². The Balaban J connectivity index is 1.69. The van der Waals surface area contributed by atoms with Crippen LogP contribution in [-0.4, -0.2) is 22.8 Å². The molecule has 2 aliphatic rings. The highest BCUT2D eigenvalue weighted by atomic mass is 16.7. The van der Waals surface area contributed by atoms with E-state index in [1.807, 2.05) is 12.2 Å². The van der Waals surface area contributed by atoms with Gasteiger partial charge in [0.2, 0.25) is 0 Å². The van der Waals surface area contributed by atoms with Crippen LogP contribution in [0.3, 0.4) is 0 Å². The molecule has 2 rings (SSSR count). The molecule has 0 spiro atoms. The Morgan fingerprint density at radius 2 is 2.00 bits per heavy atom. The van der Waals surface area contributed by atoms with Gasteiger partial charge in [-0.05, 0) is 19.3 Å². The van der Waals surface area contributed by atoms with Crippen molar-refractivity contribution in [2.24, 2.45) is 0 Å². The summed E-state index contributed by atoms with van der Waals surface area (Å²) < 4.78 is 0. The van der Waals surface area contributed by atoms with E-state index in [0.717, 1.165) is 12.8 Å². The number of hydrogen-bond donors (Lipinski definition) is 0. The highest BCUT2D eigenvalue weighted by Gasteiger charge is 2.32. The summed E-state index contributed by atoms with van der Waals surface area (Å²) in [5.41, 5.74) is 1.29. The van der Waals surface area contributed by atoms with Crippen LogP contribution < -0.4 is 0 Å². The number of hydroxylamine groups is 2. The number of carbonyl (C=O) groups excluding carboxylic acids is 3. The second-order valence-corrected chi connectivity index (χ2v) is 4.36. The molecule has 1 saturated heterocycles. The van der Waals surface area contributed by atoms with Gasteiger partial charge in [0.1, 0.15) is 0 Å². The van der Waals surface area contributed by atoms with E-state index in [4.69, 9.17) is 4.84 Å². The molecule has 0 saturated carbocycles. The molecule has 1 aliphatic carbocycles.